The Balaban J connectivity index is 2.24. The fourth-order valence-electron chi connectivity index (χ4n) is 1.61. The van der Waals surface area contributed by atoms with Gasteiger partial charge in [0.2, 0.25) is 5.91 Å². The lowest BCUT2D eigenvalue weighted by atomic mass is 10.1. The summed E-state index contributed by atoms with van der Waals surface area (Å²) in [5.41, 5.74) is 0. The highest BCUT2D eigenvalue weighted by Gasteiger charge is 2.03. The Bertz CT molecular complexity index is 343. The molecule has 1 aromatic heterocycles. The van der Waals surface area contributed by atoms with Crippen molar-refractivity contribution in [3.8, 4) is 0 Å². The third kappa shape index (κ3) is 6.27. The summed E-state index contributed by atoms with van der Waals surface area (Å²) in [4.78, 5) is 12.7. The minimum Gasteiger partial charge on any atom is -0.350 e. The van der Waals surface area contributed by atoms with Gasteiger partial charge < -0.3 is 5.32 Å². The zero-order valence-electron chi connectivity index (χ0n) is 10.6. The third-order valence-corrected chi connectivity index (χ3v) is 3.41. The minimum absolute atomic E-state index is 0.00222. The number of unbranched alkanes of at least 4 members (excludes halogenated alkanes) is 2. The summed E-state index contributed by atoms with van der Waals surface area (Å²) in [5, 5.41) is 4.99. The number of hydrogen-bond acceptors (Lipinski definition) is 2. The molecule has 1 atom stereocenters. The van der Waals surface area contributed by atoms with Crippen LogP contribution in [0.1, 0.15) is 44.4 Å². The lowest BCUT2D eigenvalue weighted by Crippen LogP contribution is -2.30. The maximum Gasteiger partial charge on any atom is 0.244 e. The van der Waals surface area contributed by atoms with Gasteiger partial charge >= 0.3 is 0 Å². The number of thiophene rings is 1. The Morgan fingerprint density at radius 1 is 1.53 bits per heavy atom. The van der Waals surface area contributed by atoms with E-state index >= 15 is 0 Å². The number of nitrogens with one attached hydrogen (secondary N) is 1. The van der Waals surface area contributed by atoms with Crippen molar-refractivity contribution in [2.24, 2.45) is 0 Å². The largest absolute Gasteiger partial charge is 0.350 e. The van der Waals surface area contributed by atoms with Gasteiger partial charge in [0.05, 0.1) is 0 Å². The van der Waals surface area contributed by atoms with Gasteiger partial charge in [-0.15, -0.1) is 11.3 Å². The van der Waals surface area contributed by atoms with Gasteiger partial charge in [0.15, 0.2) is 0 Å². The molecule has 17 heavy (non-hydrogen) atoms. The van der Waals surface area contributed by atoms with Gasteiger partial charge in [-0.3, -0.25) is 4.79 Å². The van der Waals surface area contributed by atoms with Crippen molar-refractivity contribution in [2.75, 3.05) is 0 Å². The fourth-order valence-corrected chi connectivity index (χ4v) is 2.23. The van der Waals surface area contributed by atoms with E-state index in [-0.39, 0.29) is 11.9 Å². The molecule has 0 bridgehead atoms. The van der Waals surface area contributed by atoms with Crippen LogP contribution in [0.2, 0.25) is 0 Å². The average molecular weight is 251 g/mol. The van der Waals surface area contributed by atoms with Crippen molar-refractivity contribution >= 4 is 23.3 Å². The first-order chi connectivity index (χ1) is 8.22. The topological polar surface area (TPSA) is 29.1 Å². The summed E-state index contributed by atoms with van der Waals surface area (Å²) in [5.74, 6) is 0.00222. The van der Waals surface area contributed by atoms with Crippen LogP contribution < -0.4 is 5.32 Å². The molecule has 1 amide bonds. The maximum absolute atomic E-state index is 11.6. The molecule has 0 fully saturated rings. The van der Waals surface area contributed by atoms with Crippen LogP contribution in [0.4, 0.5) is 0 Å². The van der Waals surface area contributed by atoms with Crippen molar-refractivity contribution in [2.45, 2.75) is 45.6 Å². The van der Waals surface area contributed by atoms with Crippen molar-refractivity contribution in [1.29, 1.82) is 0 Å². The van der Waals surface area contributed by atoms with Gasteiger partial charge in [-0.25, -0.2) is 0 Å². The zero-order chi connectivity index (χ0) is 12.5. The normalized spacial score (nSPS) is 12.8. The first kappa shape index (κ1) is 14.0. The second-order valence-electron chi connectivity index (χ2n) is 4.25. The predicted octanol–water partition coefficient (Wildman–Crippen LogP) is 3.85. The molecule has 1 heterocycles. The van der Waals surface area contributed by atoms with Gasteiger partial charge in [-0.05, 0) is 30.9 Å². The van der Waals surface area contributed by atoms with E-state index in [0.29, 0.717) is 0 Å². The molecule has 1 aromatic rings. The van der Waals surface area contributed by atoms with Crippen LogP contribution in [0.3, 0.4) is 0 Å². The third-order valence-electron chi connectivity index (χ3n) is 2.57. The monoisotopic (exact) mass is 251 g/mol. The molecule has 0 aromatic carbocycles. The molecule has 3 heteroatoms. The molecule has 0 spiro atoms. The van der Waals surface area contributed by atoms with Gasteiger partial charge in [-0.1, -0.05) is 32.3 Å². The van der Waals surface area contributed by atoms with E-state index in [9.17, 15) is 4.79 Å². The minimum atomic E-state index is 0.00222. The van der Waals surface area contributed by atoms with Crippen molar-refractivity contribution in [3.63, 3.8) is 0 Å². The van der Waals surface area contributed by atoms with E-state index in [0.717, 1.165) is 11.3 Å². The number of carbonyl (C=O) groups is 1. The second kappa shape index (κ2) is 8.07. The fraction of sp³-hybridized carbons (Fsp3) is 0.500. The highest BCUT2D eigenvalue weighted by Crippen LogP contribution is 2.10. The predicted molar refractivity (Wildman–Crippen MR) is 75.1 cm³/mol. The van der Waals surface area contributed by atoms with E-state index in [1.165, 1.54) is 19.3 Å². The summed E-state index contributed by atoms with van der Waals surface area (Å²) in [6, 6.07) is 4.25. The van der Waals surface area contributed by atoms with Crippen LogP contribution in [0.5, 0.6) is 0 Å². The number of rotatable bonds is 7. The number of amides is 1. The van der Waals surface area contributed by atoms with Gasteiger partial charge in [0.25, 0.3) is 0 Å². The summed E-state index contributed by atoms with van der Waals surface area (Å²) >= 11 is 1.63. The molecular weight excluding hydrogens is 230 g/mol. The van der Waals surface area contributed by atoms with Crippen molar-refractivity contribution in [1.82, 2.24) is 5.32 Å². The molecule has 1 rings (SSSR count). The van der Waals surface area contributed by atoms with E-state index in [4.69, 9.17) is 0 Å². The van der Waals surface area contributed by atoms with Gasteiger partial charge in [0, 0.05) is 17.0 Å². The molecular formula is C14H21NOS. The molecule has 2 nitrogen and oxygen atoms in total. The quantitative estimate of drug-likeness (QED) is 0.579. The lowest BCUT2D eigenvalue weighted by Gasteiger charge is -2.11. The van der Waals surface area contributed by atoms with E-state index in [1.54, 1.807) is 17.4 Å². The Labute approximate surface area is 108 Å². The highest BCUT2D eigenvalue weighted by atomic mass is 32.1. The number of hydrogen-bond donors (Lipinski definition) is 1. The zero-order valence-corrected chi connectivity index (χ0v) is 11.4. The summed E-state index contributed by atoms with van der Waals surface area (Å²) in [6.45, 7) is 4.25. The summed E-state index contributed by atoms with van der Waals surface area (Å²) < 4.78 is 0. The SMILES string of the molecule is CCCCCC(C)NC(=O)C=Cc1cccs1. The standard InChI is InChI=1S/C14H21NOS/c1-3-4-5-7-12(2)15-14(16)10-9-13-8-6-11-17-13/h6,8-12H,3-5,7H2,1-2H3,(H,15,16). The van der Waals surface area contributed by atoms with Crippen LogP contribution in [0.25, 0.3) is 6.08 Å². The number of carbonyl (C=O) groups excluding carboxylic acids is 1. The van der Waals surface area contributed by atoms with Gasteiger partial charge in [-0.2, -0.15) is 0 Å². The molecule has 0 saturated heterocycles. The molecule has 94 valence electrons. The smallest absolute Gasteiger partial charge is 0.244 e. The van der Waals surface area contributed by atoms with Crippen LogP contribution in [0, 0.1) is 0 Å². The second-order valence-corrected chi connectivity index (χ2v) is 5.23. The summed E-state index contributed by atoms with van der Waals surface area (Å²) in [7, 11) is 0. The van der Waals surface area contributed by atoms with Crippen LogP contribution in [0.15, 0.2) is 23.6 Å². The summed E-state index contributed by atoms with van der Waals surface area (Å²) in [6.07, 6.45) is 8.18. The Hall–Kier alpha value is -1.09. The molecule has 1 unspecified atom stereocenters. The molecule has 0 saturated carbocycles. The first-order valence-electron chi connectivity index (χ1n) is 6.24. The average Bonchev–Trinajstić information content (AvgIpc) is 2.79. The van der Waals surface area contributed by atoms with E-state index < -0.39 is 0 Å². The molecule has 0 aliphatic heterocycles. The van der Waals surface area contributed by atoms with E-state index in [2.05, 4.69) is 19.2 Å². The van der Waals surface area contributed by atoms with Crippen molar-refractivity contribution < 1.29 is 4.79 Å². The molecule has 1 N–H and O–H groups in total. The van der Waals surface area contributed by atoms with Gasteiger partial charge in [0.1, 0.15) is 0 Å². The van der Waals surface area contributed by atoms with E-state index in [1.807, 2.05) is 23.6 Å². The highest BCUT2D eigenvalue weighted by molar-refractivity contribution is 7.10. The first-order valence-corrected chi connectivity index (χ1v) is 7.12. The van der Waals surface area contributed by atoms with Crippen LogP contribution in [-0.2, 0) is 4.79 Å². The Morgan fingerprint density at radius 3 is 3.00 bits per heavy atom. The molecule has 0 radical (unpaired) electrons. The Morgan fingerprint density at radius 2 is 2.35 bits per heavy atom. The van der Waals surface area contributed by atoms with Crippen molar-refractivity contribution in [3.05, 3.63) is 28.5 Å². The maximum atomic E-state index is 11.6. The molecule has 0 aliphatic rings. The van der Waals surface area contributed by atoms with Crippen LogP contribution >= 0.6 is 11.3 Å². The Kier molecular flexibility index (Phi) is 6.63. The van der Waals surface area contributed by atoms with Crippen LogP contribution in [-0.4, -0.2) is 11.9 Å². The molecule has 0 aliphatic carbocycles. The lowest BCUT2D eigenvalue weighted by molar-refractivity contribution is -0.117.